The third-order valence-corrected chi connectivity index (χ3v) is 5.71. The van der Waals surface area contributed by atoms with Crippen molar-refractivity contribution >= 4 is 28.8 Å². The summed E-state index contributed by atoms with van der Waals surface area (Å²) in [6.07, 6.45) is 0.809. The minimum absolute atomic E-state index is 0.0306. The predicted octanol–water partition coefficient (Wildman–Crippen LogP) is 5.96. The van der Waals surface area contributed by atoms with Crippen molar-refractivity contribution in [1.82, 2.24) is 9.88 Å². The zero-order chi connectivity index (χ0) is 20.8. The van der Waals surface area contributed by atoms with E-state index in [9.17, 15) is 9.18 Å². The molecular weight excluding hydrogens is 411 g/mol. The number of nitrogens with zero attached hydrogens (tertiary/aromatic N) is 2. The zero-order valence-electron chi connectivity index (χ0n) is 16.3. The quantitative estimate of drug-likeness (QED) is 0.441. The monoisotopic (exact) mass is 432 g/mol. The van der Waals surface area contributed by atoms with Crippen molar-refractivity contribution in [2.75, 3.05) is 0 Å². The molecule has 2 aromatic carbocycles. The van der Waals surface area contributed by atoms with Crippen LogP contribution in [0.25, 0.3) is 0 Å². The van der Waals surface area contributed by atoms with Crippen molar-refractivity contribution < 1.29 is 13.9 Å². The number of aromatic nitrogens is 1. The molecule has 3 rings (SSSR count). The third-order valence-electron chi connectivity index (χ3n) is 4.58. The van der Waals surface area contributed by atoms with E-state index >= 15 is 0 Å². The summed E-state index contributed by atoms with van der Waals surface area (Å²) in [7, 11) is 0. The van der Waals surface area contributed by atoms with E-state index in [0.717, 1.165) is 22.9 Å². The summed E-state index contributed by atoms with van der Waals surface area (Å²) in [6.45, 7) is 4.77. The first-order chi connectivity index (χ1) is 14.0. The second kappa shape index (κ2) is 9.85. The molecule has 0 aliphatic carbocycles. The Morgan fingerprint density at radius 3 is 2.55 bits per heavy atom. The average Bonchev–Trinajstić information content (AvgIpc) is 3.18. The molecule has 29 heavy (non-hydrogen) atoms. The van der Waals surface area contributed by atoms with E-state index in [1.54, 1.807) is 17.0 Å². The van der Waals surface area contributed by atoms with E-state index in [-0.39, 0.29) is 17.8 Å². The van der Waals surface area contributed by atoms with Gasteiger partial charge in [0.25, 0.3) is 5.91 Å². The summed E-state index contributed by atoms with van der Waals surface area (Å²) < 4.78 is 18.9. The van der Waals surface area contributed by atoms with Crippen molar-refractivity contribution in [3.63, 3.8) is 0 Å². The number of carbonyl (C=O) groups excluding carboxylic acids is 1. The lowest BCUT2D eigenvalue weighted by molar-refractivity contribution is 0.0669. The van der Waals surface area contributed by atoms with E-state index in [2.05, 4.69) is 4.98 Å². The summed E-state index contributed by atoms with van der Waals surface area (Å²) in [5.41, 5.74) is 1.27. The average molecular weight is 433 g/mol. The van der Waals surface area contributed by atoms with Crippen LogP contribution in [0, 0.1) is 5.82 Å². The first-order valence-corrected chi connectivity index (χ1v) is 10.6. The van der Waals surface area contributed by atoms with E-state index < -0.39 is 0 Å². The summed E-state index contributed by atoms with van der Waals surface area (Å²) in [4.78, 5) is 19.3. The van der Waals surface area contributed by atoms with Crippen molar-refractivity contribution in [3.05, 3.63) is 81.0 Å². The third kappa shape index (κ3) is 5.78. The molecule has 1 amide bonds. The van der Waals surface area contributed by atoms with Gasteiger partial charge >= 0.3 is 0 Å². The Bertz CT molecular complexity index is 944. The normalized spacial score (nSPS) is 11.9. The molecule has 0 saturated heterocycles. The smallest absolute Gasteiger partial charge is 0.254 e. The molecule has 0 saturated carbocycles. The van der Waals surface area contributed by atoms with Gasteiger partial charge < -0.3 is 9.64 Å². The number of ether oxygens (including phenoxy) is 1. The number of benzene rings is 2. The SMILES string of the molecule is CC[C@@H](C)N(Cc1csc(COc2ccc(Cl)cc2)n1)C(=O)c1ccc(F)cc1. The van der Waals surface area contributed by atoms with Gasteiger partial charge in [-0.1, -0.05) is 18.5 Å². The van der Waals surface area contributed by atoms with Gasteiger partial charge in [0.1, 0.15) is 23.2 Å². The molecule has 0 N–H and O–H groups in total. The van der Waals surface area contributed by atoms with Crippen LogP contribution in [0.3, 0.4) is 0 Å². The Hall–Kier alpha value is -2.44. The molecule has 0 unspecified atom stereocenters. The van der Waals surface area contributed by atoms with E-state index in [1.807, 2.05) is 31.4 Å². The van der Waals surface area contributed by atoms with E-state index in [1.165, 1.54) is 35.6 Å². The number of carbonyl (C=O) groups is 1. The molecule has 0 radical (unpaired) electrons. The van der Waals surface area contributed by atoms with E-state index in [0.29, 0.717) is 23.7 Å². The van der Waals surface area contributed by atoms with Crippen LogP contribution in [0.1, 0.15) is 41.3 Å². The van der Waals surface area contributed by atoms with Gasteiger partial charge in [0.05, 0.1) is 12.2 Å². The summed E-state index contributed by atoms with van der Waals surface area (Å²) in [5, 5.41) is 3.42. The molecule has 1 heterocycles. The molecule has 7 heteroatoms. The van der Waals surface area contributed by atoms with Crippen molar-refractivity contribution in [3.8, 4) is 5.75 Å². The molecule has 3 aromatic rings. The first-order valence-electron chi connectivity index (χ1n) is 9.34. The number of hydrogen-bond donors (Lipinski definition) is 0. The standard InChI is InChI=1S/C22H22ClFN2O2S/c1-3-15(2)26(22(27)16-4-8-18(24)9-5-16)12-19-14-29-21(25-19)13-28-20-10-6-17(23)7-11-20/h4-11,14-15H,3,12-13H2,1-2H3/t15-/m1/s1. The minimum Gasteiger partial charge on any atom is -0.486 e. The highest BCUT2D eigenvalue weighted by molar-refractivity contribution is 7.09. The number of thiazole rings is 1. The number of amides is 1. The Balaban J connectivity index is 1.67. The van der Waals surface area contributed by atoms with Gasteiger partial charge in [-0.2, -0.15) is 0 Å². The summed E-state index contributed by atoms with van der Waals surface area (Å²) in [5.74, 6) is 0.228. The number of halogens is 2. The fourth-order valence-electron chi connectivity index (χ4n) is 2.74. The highest BCUT2D eigenvalue weighted by Gasteiger charge is 2.22. The van der Waals surface area contributed by atoms with Crippen LogP contribution >= 0.6 is 22.9 Å². The Kier molecular flexibility index (Phi) is 7.23. The second-order valence-corrected chi connectivity index (χ2v) is 8.05. The van der Waals surface area contributed by atoms with Gasteiger partial charge in [0.15, 0.2) is 0 Å². The zero-order valence-corrected chi connectivity index (χ0v) is 17.8. The molecule has 0 spiro atoms. The molecule has 152 valence electrons. The topological polar surface area (TPSA) is 42.4 Å². The number of rotatable bonds is 8. The van der Waals surface area contributed by atoms with Crippen LogP contribution in [0.5, 0.6) is 5.75 Å². The van der Waals surface area contributed by atoms with Crippen molar-refractivity contribution in [2.24, 2.45) is 0 Å². The van der Waals surface area contributed by atoms with Gasteiger partial charge in [0, 0.05) is 22.0 Å². The Labute approximate surface area is 178 Å². The van der Waals surface area contributed by atoms with Crippen LogP contribution < -0.4 is 4.74 Å². The lowest BCUT2D eigenvalue weighted by atomic mass is 10.1. The van der Waals surface area contributed by atoms with Gasteiger partial charge in [-0.25, -0.2) is 9.37 Å². The van der Waals surface area contributed by atoms with Crippen molar-refractivity contribution in [1.29, 1.82) is 0 Å². The minimum atomic E-state index is -0.360. The molecule has 0 aliphatic rings. The van der Waals surface area contributed by atoms with Crippen LogP contribution in [0.2, 0.25) is 5.02 Å². The largest absolute Gasteiger partial charge is 0.486 e. The maximum Gasteiger partial charge on any atom is 0.254 e. The molecule has 4 nitrogen and oxygen atoms in total. The predicted molar refractivity (Wildman–Crippen MR) is 114 cm³/mol. The molecule has 0 bridgehead atoms. The van der Waals surface area contributed by atoms with E-state index in [4.69, 9.17) is 16.3 Å². The summed E-state index contributed by atoms with van der Waals surface area (Å²) >= 11 is 7.37. The van der Waals surface area contributed by atoms with Crippen LogP contribution in [-0.4, -0.2) is 21.8 Å². The lowest BCUT2D eigenvalue weighted by Gasteiger charge is -2.28. The van der Waals surface area contributed by atoms with Gasteiger partial charge in [0.2, 0.25) is 0 Å². The Morgan fingerprint density at radius 2 is 1.90 bits per heavy atom. The van der Waals surface area contributed by atoms with Gasteiger partial charge in [-0.15, -0.1) is 11.3 Å². The maximum atomic E-state index is 13.2. The lowest BCUT2D eigenvalue weighted by Crippen LogP contribution is -2.37. The highest BCUT2D eigenvalue weighted by atomic mass is 35.5. The summed E-state index contributed by atoms with van der Waals surface area (Å²) in [6, 6.07) is 12.8. The van der Waals surface area contributed by atoms with Gasteiger partial charge in [-0.05, 0) is 61.9 Å². The van der Waals surface area contributed by atoms with Crippen LogP contribution in [-0.2, 0) is 13.2 Å². The second-order valence-electron chi connectivity index (χ2n) is 6.67. The first kappa shape index (κ1) is 21.3. The molecule has 0 fully saturated rings. The molecule has 0 aliphatic heterocycles. The maximum absolute atomic E-state index is 13.2. The van der Waals surface area contributed by atoms with Crippen LogP contribution in [0.15, 0.2) is 53.9 Å². The fraction of sp³-hybridized carbons (Fsp3) is 0.273. The van der Waals surface area contributed by atoms with Gasteiger partial charge in [-0.3, -0.25) is 4.79 Å². The van der Waals surface area contributed by atoms with Crippen molar-refractivity contribution in [2.45, 2.75) is 39.5 Å². The molecule has 1 aromatic heterocycles. The Morgan fingerprint density at radius 1 is 1.21 bits per heavy atom. The molecule has 1 atom stereocenters. The van der Waals surface area contributed by atoms with Crippen LogP contribution in [0.4, 0.5) is 4.39 Å². The number of hydrogen-bond acceptors (Lipinski definition) is 4. The highest BCUT2D eigenvalue weighted by Crippen LogP contribution is 2.20. The molecular formula is C22H22ClFN2O2S. The fourth-order valence-corrected chi connectivity index (χ4v) is 3.57.